The zero-order valence-corrected chi connectivity index (χ0v) is 13.9. The Balaban J connectivity index is 1.52. The molecule has 0 spiro atoms. The van der Waals surface area contributed by atoms with E-state index >= 15 is 0 Å². The Morgan fingerprint density at radius 3 is 3.08 bits per heavy atom. The van der Waals surface area contributed by atoms with E-state index in [1.54, 1.807) is 11.0 Å². The summed E-state index contributed by atoms with van der Waals surface area (Å²) in [7, 11) is 1.90. The van der Waals surface area contributed by atoms with Gasteiger partial charge in [0.15, 0.2) is 11.3 Å². The molecule has 4 aromatic heterocycles. The lowest BCUT2D eigenvalue weighted by Crippen LogP contribution is -2.35. The van der Waals surface area contributed by atoms with Crippen LogP contribution in [0.3, 0.4) is 0 Å². The summed E-state index contributed by atoms with van der Waals surface area (Å²) in [5, 5.41) is 14.1. The average molecular weight is 334 g/mol. The Bertz CT molecular complexity index is 1050. The highest BCUT2D eigenvalue weighted by molar-refractivity contribution is 5.86. The number of aryl methyl sites for hydroxylation is 1. The molecule has 1 aliphatic heterocycles. The molecule has 0 radical (unpaired) electrons. The summed E-state index contributed by atoms with van der Waals surface area (Å²) in [6, 6.07) is 5.99. The molecule has 0 bridgehead atoms. The van der Waals surface area contributed by atoms with Crippen LogP contribution < -0.4 is 4.90 Å². The molecule has 0 aromatic carbocycles. The second-order valence-corrected chi connectivity index (χ2v) is 6.47. The number of anilines is 1. The van der Waals surface area contributed by atoms with Crippen LogP contribution in [0.25, 0.3) is 16.7 Å². The second kappa shape index (κ2) is 5.51. The molecule has 0 aliphatic carbocycles. The van der Waals surface area contributed by atoms with Crippen molar-refractivity contribution in [2.24, 2.45) is 7.05 Å². The summed E-state index contributed by atoms with van der Waals surface area (Å²) in [5.74, 6) is 2.31. The minimum atomic E-state index is 0.327. The number of pyridine rings is 1. The lowest BCUT2D eigenvalue weighted by atomic mass is 9.97. The first-order valence-electron chi connectivity index (χ1n) is 8.48. The molecule has 5 heterocycles. The van der Waals surface area contributed by atoms with Crippen LogP contribution in [0.5, 0.6) is 0 Å². The topological polar surface area (TPSA) is 77.0 Å². The van der Waals surface area contributed by atoms with Crippen molar-refractivity contribution in [1.29, 1.82) is 0 Å². The highest BCUT2D eigenvalue weighted by atomic mass is 15.3. The number of nitrogens with zero attached hydrogens (tertiary/aromatic N) is 8. The van der Waals surface area contributed by atoms with Crippen molar-refractivity contribution in [3.63, 3.8) is 0 Å². The SMILES string of the molecule is Cn1ncc2c(N3CCC[C@H](c4nnc5ccccn45)C3)ncnc21. The highest BCUT2D eigenvalue weighted by Crippen LogP contribution is 2.31. The Kier molecular flexibility index (Phi) is 3.16. The third kappa shape index (κ3) is 2.25. The van der Waals surface area contributed by atoms with Crippen LogP contribution in [-0.2, 0) is 7.05 Å². The average Bonchev–Trinajstić information content (AvgIpc) is 3.26. The third-order valence-electron chi connectivity index (χ3n) is 4.93. The summed E-state index contributed by atoms with van der Waals surface area (Å²) in [6.07, 6.45) is 7.70. The number of hydrogen-bond donors (Lipinski definition) is 0. The fourth-order valence-electron chi connectivity index (χ4n) is 3.72. The van der Waals surface area contributed by atoms with E-state index in [0.29, 0.717) is 5.92 Å². The predicted molar refractivity (Wildman–Crippen MR) is 93.5 cm³/mol. The van der Waals surface area contributed by atoms with Gasteiger partial charge in [0.2, 0.25) is 0 Å². The number of piperidine rings is 1. The maximum absolute atomic E-state index is 4.54. The molecule has 25 heavy (non-hydrogen) atoms. The van der Waals surface area contributed by atoms with Crippen LogP contribution in [0.2, 0.25) is 0 Å². The van der Waals surface area contributed by atoms with E-state index in [2.05, 4.69) is 34.6 Å². The van der Waals surface area contributed by atoms with Gasteiger partial charge in [-0.05, 0) is 25.0 Å². The van der Waals surface area contributed by atoms with Crippen LogP contribution in [0.15, 0.2) is 36.9 Å². The van der Waals surface area contributed by atoms with Gasteiger partial charge in [-0.15, -0.1) is 10.2 Å². The van der Waals surface area contributed by atoms with E-state index in [9.17, 15) is 0 Å². The fraction of sp³-hybridized carbons (Fsp3) is 0.353. The first-order chi connectivity index (χ1) is 12.3. The summed E-state index contributed by atoms with van der Waals surface area (Å²) < 4.78 is 3.88. The molecule has 0 unspecified atom stereocenters. The lowest BCUT2D eigenvalue weighted by molar-refractivity contribution is 0.486. The molecule has 0 amide bonds. The maximum atomic E-state index is 4.54. The molecule has 8 heteroatoms. The molecular weight excluding hydrogens is 316 g/mol. The Morgan fingerprint density at radius 1 is 1.16 bits per heavy atom. The summed E-state index contributed by atoms with van der Waals surface area (Å²) in [6.45, 7) is 1.85. The van der Waals surface area contributed by atoms with Crippen LogP contribution in [0.1, 0.15) is 24.6 Å². The smallest absolute Gasteiger partial charge is 0.163 e. The summed E-state index contributed by atoms with van der Waals surface area (Å²) >= 11 is 0. The van der Waals surface area contributed by atoms with E-state index in [1.165, 1.54) is 0 Å². The van der Waals surface area contributed by atoms with Crippen LogP contribution in [0.4, 0.5) is 5.82 Å². The molecule has 5 rings (SSSR count). The van der Waals surface area contributed by atoms with Gasteiger partial charge >= 0.3 is 0 Å². The van der Waals surface area contributed by atoms with Gasteiger partial charge in [0.1, 0.15) is 18.0 Å². The minimum absolute atomic E-state index is 0.327. The van der Waals surface area contributed by atoms with E-state index in [0.717, 1.165) is 54.3 Å². The Hall–Kier alpha value is -3.03. The van der Waals surface area contributed by atoms with Crippen LogP contribution in [0, 0.1) is 0 Å². The van der Waals surface area contributed by atoms with Crippen LogP contribution >= 0.6 is 0 Å². The number of rotatable bonds is 2. The molecule has 1 atom stereocenters. The van der Waals surface area contributed by atoms with Gasteiger partial charge < -0.3 is 4.90 Å². The molecule has 1 fully saturated rings. The monoisotopic (exact) mass is 334 g/mol. The summed E-state index contributed by atoms with van der Waals surface area (Å²) in [5.41, 5.74) is 1.76. The second-order valence-electron chi connectivity index (χ2n) is 6.47. The fourth-order valence-corrected chi connectivity index (χ4v) is 3.72. The largest absolute Gasteiger partial charge is 0.355 e. The molecule has 8 nitrogen and oxygen atoms in total. The third-order valence-corrected chi connectivity index (χ3v) is 4.93. The molecule has 0 N–H and O–H groups in total. The van der Waals surface area contributed by atoms with E-state index in [4.69, 9.17) is 0 Å². The first-order valence-corrected chi connectivity index (χ1v) is 8.48. The zero-order valence-electron chi connectivity index (χ0n) is 13.9. The van der Waals surface area contributed by atoms with Gasteiger partial charge in [-0.3, -0.25) is 9.08 Å². The molecule has 1 saturated heterocycles. The Morgan fingerprint density at radius 2 is 2.12 bits per heavy atom. The van der Waals surface area contributed by atoms with Crippen molar-refractivity contribution in [3.8, 4) is 0 Å². The van der Waals surface area contributed by atoms with E-state index < -0.39 is 0 Å². The predicted octanol–water partition coefficient (Wildman–Crippen LogP) is 1.79. The van der Waals surface area contributed by atoms with Crippen molar-refractivity contribution in [2.45, 2.75) is 18.8 Å². The van der Waals surface area contributed by atoms with Gasteiger partial charge in [0, 0.05) is 32.3 Å². The highest BCUT2D eigenvalue weighted by Gasteiger charge is 2.27. The normalized spacial score (nSPS) is 18.3. The van der Waals surface area contributed by atoms with E-state index in [-0.39, 0.29) is 0 Å². The lowest BCUT2D eigenvalue weighted by Gasteiger charge is -2.33. The van der Waals surface area contributed by atoms with Crippen molar-refractivity contribution in [2.75, 3.05) is 18.0 Å². The summed E-state index contributed by atoms with van der Waals surface area (Å²) in [4.78, 5) is 11.2. The standard InChI is InChI=1S/C17H18N8/c1-23-16-13(9-20-23)17(19-11-18-16)24-7-4-5-12(10-24)15-22-21-14-6-2-3-8-25(14)15/h2-3,6,8-9,11-12H,4-5,7,10H2,1H3/t12-/m0/s1. The molecule has 126 valence electrons. The molecule has 0 saturated carbocycles. The maximum Gasteiger partial charge on any atom is 0.163 e. The van der Waals surface area contributed by atoms with Crippen molar-refractivity contribution in [1.82, 2.24) is 34.3 Å². The number of hydrogen-bond acceptors (Lipinski definition) is 6. The molecule has 1 aliphatic rings. The van der Waals surface area contributed by atoms with Gasteiger partial charge in [-0.25, -0.2) is 9.97 Å². The van der Waals surface area contributed by atoms with Crippen LogP contribution in [-0.4, -0.2) is 47.4 Å². The minimum Gasteiger partial charge on any atom is -0.355 e. The Labute approximate surface area is 144 Å². The van der Waals surface area contributed by atoms with Crippen molar-refractivity contribution in [3.05, 3.63) is 42.7 Å². The van der Waals surface area contributed by atoms with Gasteiger partial charge in [-0.1, -0.05) is 6.07 Å². The van der Waals surface area contributed by atoms with Crippen molar-refractivity contribution < 1.29 is 0 Å². The van der Waals surface area contributed by atoms with Gasteiger partial charge in [0.25, 0.3) is 0 Å². The number of fused-ring (bicyclic) bond motifs is 2. The number of aromatic nitrogens is 7. The van der Waals surface area contributed by atoms with E-state index in [1.807, 2.05) is 37.6 Å². The molecule has 4 aromatic rings. The van der Waals surface area contributed by atoms with Crippen molar-refractivity contribution >= 4 is 22.5 Å². The first kappa shape index (κ1) is 14.3. The zero-order chi connectivity index (χ0) is 16.8. The quantitative estimate of drug-likeness (QED) is 0.556. The van der Waals surface area contributed by atoms with Gasteiger partial charge in [0.05, 0.1) is 11.6 Å². The van der Waals surface area contributed by atoms with Gasteiger partial charge in [-0.2, -0.15) is 5.10 Å². The molecular formula is C17H18N8.